The average Bonchev–Trinajstić information content (AvgIpc) is 2.92. The Morgan fingerprint density at radius 3 is 2.95 bits per heavy atom. The van der Waals surface area contributed by atoms with Crippen LogP contribution in [0.2, 0.25) is 5.15 Å². The van der Waals surface area contributed by atoms with Gasteiger partial charge >= 0.3 is 0 Å². The van der Waals surface area contributed by atoms with Gasteiger partial charge in [-0.2, -0.15) is 8.42 Å². The summed E-state index contributed by atoms with van der Waals surface area (Å²) in [5, 5.41) is 1.66. The predicted octanol–water partition coefficient (Wildman–Crippen LogP) is 3.92. The molecule has 0 amide bonds. The minimum Gasteiger partial charge on any atom is -0.278 e. The van der Waals surface area contributed by atoms with E-state index in [4.69, 9.17) is 11.6 Å². The van der Waals surface area contributed by atoms with Crippen molar-refractivity contribution in [3.05, 3.63) is 45.0 Å². The molecule has 0 bridgehead atoms. The largest absolute Gasteiger partial charge is 0.281 e. The third-order valence-electron chi connectivity index (χ3n) is 2.88. The van der Waals surface area contributed by atoms with E-state index in [1.54, 1.807) is 17.6 Å². The molecule has 0 aliphatic rings. The third kappa shape index (κ3) is 2.68. The lowest BCUT2D eigenvalue weighted by atomic mass is 10.2. The summed E-state index contributed by atoms with van der Waals surface area (Å²) in [7, 11) is -3.83. The molecule has 21 heavy (non-hydrogen) atoms. The Labute approximate surface area is 138 Å². The van der Waals surface area contributed by atoms with E-state index < -0.39 is 10.0 Å². The van der Waals surface area contributed by atoms with Crippen LogP contribution < -0.4 is 4.72 Å². The van der Waals surface area contributed by atoms with E-state index in [0.29, 0.717) is 10.6 Å². The van der Waals surface area contributed by atoms with Crippen LogP contribution in [0.1, 0.15) is 5.56 Å². The molecule has 0 fully saturated rings. The highest BCUT2D eigenvalue weighted by Gasteiger charge is 2.25. The first-order valence-corrected chi connectivity index (χ1v) is 9.32. The van der Waals surface area contributed by atoms with E-state index in [0.717, 1.165) is 10.0 Å². The molecule has 0 radical (unpaired) electrons. The summed E-state index contributed by atoms with van der Waals surface area (Å²) in [4.78, 5) is 4.57. The second-order valence-corrected chi connectivity index (χ2v) is 8.07. The van der Waals surface area contributed by atoms with Crippen molar-refractivity contribution in [3.63, 3.8) is 0 Å². The number of rotatable bonds is 3. The zero-order valence-corrected chi connectivity index (χ0v) is 14.6. The van der Waals surface area contributed by atoms with Gasteiger partial charge in [-0.05, 0) is 24.6 Å². The van der Waals surface area contributed by atoms with Crippen molar-refractivity contribution in [2.75, 3.05) is 4.72 Å². The molecule has 0 saturated carbocycles. The fourth-order valence-electron chi connectivity index (χ4n) is 1.88. The van der Waals surface area contributed by atoms with Crippen LogP contribution in [0.4, 0.5) is 5.69 Å². The van der Waals surface area contributed by atoms with E-state index in [2.05, 4.69) is 25.6 Å². The topological polar surface area (TPSA) is 63.5 Å². The summed E-state index contributed by atoms with van der Waals surface area (Å²) in [6.07, 6.45) is 1.63. The van der Waals surface area contributed by atoms with Gasteiger partial charge in [0.25, 0.3) is 10.0 Å². The van der Waals surface area contributed by atoms with Gasteiger partial charge in [0.15, 0.2) is 15.1 Å². The SMILES string of the molecule is Cc1ccc(Br)cc1NS(=O)(=O)c1c(Cl)nc2sccn12. The molecule has 1 aromatic carbocycles. The van der Waals surface area contributed by atoms with Crippen LogP contribution >= 0.6 is 38.9 Å². The molecule has 0 spiro atoms. The van der Waals surface area contributed by atoms with E-state index in [-0.39, 0.29) is 10.2 Å². The molecule has 3 aromatic rings. The number of thiazole rings is 1. The van der Waals surface area contributed by atoms with Crippen molar-refractivity contribution in [1.29, 1.82) is 0 Å². The molecule has 2 aromatic heterocycles. The van der Waals surface area contributed by atoms with Crippen molar-refractivity contribution in [2.45, 2.75) is 11.9 Å². The minimum absolute atomic E-state index is 0.0398. The lowest BCUT2D eigenvalue weighted by molar-refractivity contribution is 0.596. The van der Waals surface area contributed by atoms with E-state index in [1.807, 2.05) is 19.1 Å². The molecular weight excluding hydrogens is 398 g/mol. The molecule has 0 atom stereocenters. The maximum Gasteiger partial charge on any atom is 0.281 e. The van der Waals surface area contributed by atoms with Crippen LogP contribution in [-0.2, 0) is 10.0 Å². The van der Waals surface area contributed by atoms with E-state index in [1.165, 1.54) is 15.7 Å². The summed E-state index contributed by atoms with van der Waals surface area (Å²) in [5.41, 5.74) is 1.30. The Kier molecular flexibility index (Phi) is 3.73. The number of hydrogen-bond acceptors (Lipinski definition) is 4. The van der Waals surface area contributed by atoms with Crippen molar-refractivity contribution >= 4 is 59.5 Å². The molecule has 0 aliphatic heterocycles. The van der Waals surface area contributed by atoms with Gasteiger partial charge in [0, 0.05) is 16.0 Å². The molecule has 3 rings (SSSR count). The zero-order valence-electron chi connectivity index (χ0n) is 10.7. The molecule has 0 aliphatic carbocycles. The number of imidazole rings is 1. The van der Waals surface area contributed by atoms with Crippen LogP contribution in [0.5, 0.6) is 0 Å². The number of anilines is 1. The highest BCUT2D eigenvalue weighted by Crippen LogP contribution is 2.29. The second-order valence-electron chi connectivity index (χ2n) is 4.33. The Morgan fingerprint density at radius 1 is 1.43 bits per heavy atom. The number of halogens is 2. The first-order chi connectivity index (χ1) is 9.88. The van der Waals surface area contributed by atoms with Crippen LogP contribution in [-0.4, -0.2) is 17.8 Å². The maximum absolute atomic E-state index is 12.6. The number of nitrogens with zero attached hydrogens (tertiary/aromatic N) is 2. The van der Waals surface area contributed by atoms with Crippen molar-refractivity contribution in [3.8, 4) is 0 Å². The standard InChI is InChI=1S/C12H9BrClN3O2S2/c1-7-2-3-8(13)6-9(7)16-21(18,19)11-10(14)15-12-17(11)4-5-20-12/h2-6,16H,1H3. The van der Waals surface area contributed by atoms with Crippen molar-refractivity contribution < 1.29 is 8.42 Å². The summed E-state index contributed by atoms with van der Waals surface area (Å²) in [6.45, 7) is 1.82. The molecule has 9 heteroatoms. The summed E-state index contributed by atoms with van der Waals surface area (Å²) in [5.74, 6) is 0. The predicted molar refractivity (Wildman–Crippen MR) is 87.8 cm³/mol. The van der Waals surface area contributed by atoms with E-state index >= 15 is 0 Å². The quantitative estimate of drug-likeness (QED) is 0.717. The number of benzene rings is 1. The van der Waals surface area contributed by atoms with Gasteiger partial charge in [0.1, 0.15) is 0 Å². The first kappa shape index (κ1) is 14.8. The van der Waals surface area contributed by atoms with Crippen LogP contribution in [0, 0.1) is 6.92 Å². The highest BCUT2D eigenvalue weighted by atomic mass is 79.9. The highest BCUT2D eigenvalue weighted by molar-refractivity contribution is 9.10. The average molecular weight is 407 g/mol. The summed E-state index contributed by atoms with van der Waals surface area (Å²) in [6, 6.07) is 5.36. The molecular formula is C12H9BrClN3O2S2. The Morgan fingerprint density at radius 2 is 2.19 bits per heavy atom. The number of sulfonamides is 1. The lowest BCUT2D eigenvalue weighted by Gasteiger charge is -2.10. The maximum atomic E-state index is 12.6. The molecule has 0 unspecified atom stereocenters. The number of aromatic nitrogens is 2. The van der Waals surface area contributed by atoms with Gasteiger partial charge in [-0.15, -0.1) is 11.3 Å². The summed E-state index contributed by atoms with van der Waals surface area (Å²) < 4.78 is 30.0. The van der Waals surface area contributed by atoms with Gasteiger partial charge in [-0.1, -0.05) is 33.6 Å². The first-order valence-electron chi connectivity index (χ1n) is 5.78. The lowest BCUT2D eigenvalue weighted by Crippen LogP contribution is -2.16. The molecule has 0 saturated heterocycles. The monoisotopic (exact) mass is 405 g/mol. The molecule has 110 valence electrons. The zero-order chi connectivity index (χ0) is 15.2. The van der Waals surface area contributed by atoms with Gasteiger partial charge in [-0.25, -0.2) is 4.98 Å². The Hall–Kier alpha value is -1.09. The number of nitrogens with one attached hydrogen (secondary N) is 1. The molecule has 5 nitrogen and oxygen atoms in total. The van der Waals surface area contributed by atoms with Crippen LogP contribution in [0.15, 0.2) is 39.3 Å². The Balaban J connectivity index is 2.10. The van der Waals surface area contributed by atoms with Crippen molar-refractivity contribution in [1.82, 2.24) is 9.38 Å². The number of hydrogen-bond donors (Lipinski definition) is 1. The third-order valence-corrected chi connectivity index (χ3v) is 5.89. The van der Waals surface area contributed by atoms with Crippen LogP contribution in [0.25, 0.3) is 4.96 Å². The molecule has 1 N–H and O–H groups in total. The Bertz CT molecular complexity index is 933. The van der Waals surface area contributed by atoms with Gasteiger partial charge in [0.2, 0.25) is 0 Å². The van der Waals surface area contributed by atoms with E-state index in [9.17, 15) is 8.42 Å². The number of aryl methyl sites for hydroxylation is 1. The normalized spacial score (nSPS) is 12.0. The smallest absolute Gasteiger partial charge is 0.278 e. The van der Waals surface area contributed by atoms with Crippen LogP contribution in [0.3, 0.4) is 0 Å². The number of fused-ring (bicyclic) bond motifs is 1. The van der Waals surface area contributed by atoms with Gasteiger partial charge in [-0.3, -0.25) is 9.12 Å². The van der Waals surface area contributed by atoms with Gasteiger partial charge < -0.3 is 0 Å². The minimum atomic E-state index is -3.83. The fourth-order valence-corrected chi connectivity index (χ4v) is 4.81. The van der Waals surface area contributed by atoms with Gasteiger partial charge in [0.05, 0.1) is 5.69 Å². The summed E-state index contributed by atoms with van der Waals surface area (Å²) >= 11 is 10.6. The van der Waals surface area contributed by atoms with Crippen molar-refractivity contribution in [2.24, 2.45) is 0 Å². The second kappa shape index (κ2) is 5.28. The molecule has 2 heterocycles. The fraction of sp³-hybridized carbons (Fsp3) is 0.0833.